The van der Waals surface area contributed by atoms with Gasteiger partial charge in [0.05, 0.1) is 13.0 Å². The Morgan fingerprint density at radius 2 is 1.71 bits per heavy atom. The van der Waals surface area contributed by atoms with E-state index in [1.807, 2.05) is 6.07 Å². The molecule has 0 radical (unpaired) electrons. The Hall–Kier alpha value is -3.19. The predicted octanol–water partition coefficient (Wildman–Crippen LogP) is 1.97. The van der Waals surface area contributed by atoms with Crippen LogP contribution in [0.3, 0.4) is 0 Å². The van der Waals surface area contributed by atoms with E-state index < -0.39 is 35.7 Å². The Labute approximate surface area is 165 Å². The van der Waals surface area contributed by atoms with Crippen molar-refractivity contribution in [2.45, 2.75) is 18.4 Å². The molecule has 2 aromatic rings. The van der Waals surface area contributed by atoms with Crippen LogP contribution in [-0.2, 0) is 31.1 Å². The molecule has 1 atom stereocenters. The fourth-order valence-electron chi connectivity index (χ4n) is 3.88. The van der Waals surface area contributed by atoms with Gasteiger partial charge in [0.2, 0.25) is 17.7 Å². The normalized spacial score (nSPS) is 21.0. The predicted molar refractivity (Wildman–Crippen MR) is 99.7 cm³/mol. The van der Waals surface area contributed by atoms with E-state index in [4.69, 9.17) is 11.6 Å². The molecule has 7 nitrogen and oxygen atoms in total. The van der Waals surface area contributed by atoms with Gasteiger partial charge in [0.1, 0.15) is 6.54 Å². The standard InChI is InChI=1S/C20H15ClN2O5/c21-13-6-7-15-14(8-13)20(18(27)22(15)11-17(25)26)9-16(24)23(19(20)28)10-12-4-2-1-3-5-12/h1-8H,9-11H2,(H,25,26)/t20-/m0/s1. The number of aliphatic carboxylic acids is 1. The Morgan fingerprint density at radius 1 is 1.04 bits per heavy atom. The van der Waals surface area contributed by atoms with Gasteiger partial charge in [-0.1, -0.05) is 41.9 Å². The minimum Gasteiger partial charge on any atom is -0.480 e. The van der Waals surface area contributed by atoms with Crippen LogP contribution in [0.5, 0.6) is 0 Å². The van der Waals surface area contributed by atoms with Gasteiger partial charge in [-0.2, -0.15) is 0 Å². The number of carbonyl (C=O) groups excluding carboxylic acids is 3. The number of carbonyl (C=O) groups is 4. The number of carboxylic acid groups (broad SMARTS) is 1. The highest BCUT2D eigenvalue weighted by molar-refractivity contribution is 6.32. The summed E-state index contributed by atoms with van der Waals surface area (Å²) in [4.78, 5) is 52.6. The van der Waals surface area contributed by atoms with E-state index in [1.54, 1.807) is 24.3 Å². The van der Waals surface area contributed by atoms with Gasteiger partial charge < -0.3 is 5.11 Å². The summed E-state index contributed by atoms with van der Waals surface area (Å²) in [5, 5.41) is 9.48. The number of benzene rings is 2. The molecule has 1 N–H and O–H groups in total. The highest BCUT2D eigenvalue weighted by Gasteiger charge is 2.63. The number of fused-ring (bicyclic) bond motifs is 2. The van der Waals surface area contributed by atoms with E-state index in [0.29, 0.717) is 10.7 Å². The van der Waals surface area contributed by atoms with E-state index >= 15 is 0 Å². The summed E-state index contributed by atoms with van der Waals surface area (Å²) < 4.78 is 0. The molecule has 0 aromatic heterocycles. The molecule has 1 fully saturated rings. The summed E-state index contributed by atoms with van der Waals surface area (Å²) >= 11 is 6.08. The number of carboxylic acids is 1. The molecular formula is C20H15ClN2O5. The molecule has 2 aliphatic rings. The Morgan fingerprint density at radius 3 is 2.39 bits per heavy atom. The fourth-order valence-corrected chi connectivity index (χ4v) is 4.05. The monoisotopic (exact) mass is 398 g/mol. The SMILES string of the molecule is O=C(O)CN1C(=O)[C@]2(CC(=O)N(Cc3ccccc3)C2=O)c2cc(Cl)ccc21. The number of halogens is 1. The zero-order valence-electron chi connectivity index (χ0n) is 14.6. The zero-order valence-corrected chi connectivity index (χ0v) is 15.3. The highest BCUT2D eigenvalue weighted by Crippen LogP contribution is 2.49. The lowest BCUT2D eigenvalue weighted by atomic mass is 9.80. The average Bonchev–Trinajstić information content (AvgIpc) is 3.03. The fraction of sp³-hybridized carbons (Fsp3) is 0.200. The molecule has 2 heterocycles. The van der Waals surface area contributed by atoms with E-state index in [-0.39, 0.29) is 18.5 Å². The van der Waals surface area contributed by atoms with Crippen LogP contribution in [0.4, 0.5) is 5.69 Å². The van der Waals surface area contributed by atoms with Gasteiger partial charge in [-0.05, 0) is 23.8 Å². The first kappa shape index (κ1) is 18.2. The Kier molecular flexibility index (Phi) is 4.19. The van der Waals surface area contributed by atoms with Crippen molar-refractivity contribution >= 4 is 41.0 Å². The molecular weight excluding hydrogens is 384 g/mol. The first-order chi connectivity index (χ1) is 13.3. The second kappa shape index (κ2) is 6.45. The van der Waals surface area contributed by atoms with Crippen molar-refractivity contribution in [3.05, 3.63) is 64.7 Å². The molecule has 4 rings (SSSR count). The molecule has 1 saturated heterocycles. The Balaban J connectivity index is 1.79. The van der Waals surface area contributed by atoms with Crippen LogP contribution < -0.4 is 4.90 Å². The molecule has 2 aliphatic heterocycles. The molecule has 0 saturated carbocycles. The molecule has 2 aromatic carbocycles. The number of hydrogen-bond acceptors (Lipinski definition) is 4. The lowest BCUT2D eigenvalue weighted by molar-refractivity contribution is -0.143. The summed E-state index contributed by atoms with van der Waals surface area (Å²) in [6, 6.07) is 13.5. The van der Waals surface area contributed by atoms with Crippen LogP contribution in [0.25, 0.3) is 0 Å². The van der Waals surface area contributed by atoms with Crippen molar-refractivity contribution in [2.24, 2.45) is 0 Å². The molecule has 8 heteroatoms. The van der Waals surface area contributed by atoms with E-state index in [2.05, 4.69) is 0 Å². The summed E-state index contributed by atoms with van der Waals surface area (Å²) in [7, 11) is 0. The molecule has 1 spiro atoms. The average molecular weight is 399 g/mol. The van der Waals surface area contributed by atoms with Crippen molar-refractivity contribution in [3.8, 4) is 0 Å². The van der Waals surface area contributed by atoms with Crippen LogP contribution in [0.1, 0.15) is 17.5 Å². The number of imide groups is 1. The number of amides is 3. The maximum Gasteiger partial charge on any atom is 0.323 e. The molecule has 0 unspecified atom stereocenters. The molecule has 3 amide bonds. The largest absolute Gasteiger partial charge is 0.480 e. The Bertz CT molecular complexity index is 1020. The maximum atomic E-state index is 13.3. The molecule has 0 aliphatic carbocycles. The second-order valence-electron chi connectivity index (χ2n) is 6.80. The number of rotatable bonds is 4. The lowest BCUT2D eigenvalue weighted by Gasteiger charge is -2.22. The van der Waals surface area contributed by atoms with Crippen LogP contribution in [0.15, 0.2) is 48.5 Å². The molecule has 142 valence electrons. The van der Waals surface area contributed by atoms with E-state index in [1.165, 1.54) is 18.2 Å². The van der Waals surface area contributed by atoms with E-state index in [9.17, 15) is 24.3 Å². The summed E-state index contributed by atoms with van der Waals surface area (Å²) in [5.74, 6) is -3.06. The maximum absolute atomic E-state index is 13.3. The van der Waals surface area contributed by atoms with Crippen molar-refractivity contribution in [1.82, 2.24) is 4.90 Å². The van der Waals surface area contributed by atoms with Crippen molar-refractivity contribution in [3.63, 3.8) is 0 Å². The molecule has 28 heavy (non-hydrogen) atoms. The van der Waals surface area contributed by atoms with Crippen molar-refractivity contribution in [2.75, 3.05) is 11.4 Å². The lowest BCUT2D eigenvalue weighted by Crippen LogP contribution is -2.47. The third-order valence-electron chi connectivity index (χ3n) is 5.12. The van der Waals surface area contributed by atoms with Gasteiger partial charge >= 0.3 is 5.97 Å². The third-order valence-corrected chi connectivity index (χ3v) is 5.36. The van der Waals surface area contributed by atoms with E-state index in [0.717, 1.165) is 15.4 Å². The van der Waals surface area contributed by atoms with Gasteiger partial charge in [0.15, 0.2) is 5.41 Å². The first-order valence-electron chi connectivity index (χ1n) is 8.57. The van der Waals surface area contributed by atoms with Crippen LogP contribution in [0.2, 0.25) is 5.02 Å². The van der Waals surface area contributed by atoms with Crippen LogP contribution >= 0.6 is 11.6 Å². The molecule has 0 bridgehead atoms. The summed E-state index contributed by atoms with van der Waals surface area (Å²) in [5.41, 5.74) is -0.443. The third kappa shape index (κ3) is 2.58. The zero-order chi connectivity index (χ0) is 20.1. The second-order valence-corrected chi connectivity index (χ2v) is 7.24. The summed E-state index contributed by atoms with van der Waals surface area (Å²) in [6.45, 7) is -0.558. The van der Waals surface area contributed by atoms with Crippen molar-refractivity contribution < 1.29 is 24.3 Å². The van der Waals surface area contributed by atoms with Crippen LogP contribution in [-0.4, -0.2) is 40.2 Å². The minimum atomic E-state index is -1.76. The number of hydrogen-bond donors (Lipinski definition) is 1. The highest BCUT2D eigenvalue weighted by atomic mass is 35.5. The number of nitrogens with zero attached hydrogens (tertiary/aromatic N) is 2. The van der Waals surface area contributed by atoms with Gasteiger partial charge in [0.25, 0.3) is 0 Å². The quantitative estimate of drug-likeness (QED) is 0.627. The van der Waals surface area contributed by atoms with Crippen molar-refractivity contribution in [1.29, 1.82) is 0 Å². The van der Waals surface area contributed by atoms with Gasteiger partial charge in [-0.15, -0.1) is 0 Å². The van der Waals surface area contributed by atoms with Crippen LogP contribution in [0, 0.1) is 0 Å². The first-order valence-corrected chi connectivity index (χ1v) is 8.95. The number of likely N-dealkylation sites (tertiary alicyclic amines) is 1. The topological polar surface area (TPSA) is 95.0 Å². The smallest absolute Gasteiger partial charge is 0.323 e. The van der Waals surface area contributed by atoms with Gasteiger partial charge in [-0.25, -0.2) is 0 Å². The summed E-state index contributed by atoms with van der Waals surface area (Å²) in [6.07, 6.45) is -0.346. The number of anilines is 1. The van der Waals surface area contributed by atoms with Gasteiger partial charge in [-0.3, -0.25) is 29.0 Å². The van der Waals surface area contributed by atoms with Gasteiger partial charge in [0, 0.05) is 16.3 Å². The minimum absolute atomic E-state index is 0.0440.